The normalized spacial score (nSPS) is 25.3. The molecule has 1 N–H and O–H groups in total. The second-order valence-corrected chi connectivity index (χ2v) is 6.26. The summed E-state index contributed by atoms with van der Waals surface area (Å²) in [5.74, 6) is 0.0718. The minimum atomic E-state index is 0.0718. The van der Waals surface area contributed by atoms with Gasteiger partial charge in [0.15, 0.2) is 0 Å². The van der Waals surface area contributed by atoms with E-state index in [1.807, 2.05) is 29.2 Å². The minimum Gasteiger partial charge on any atom is -0.374 e. The van der Waals surface area contributed by atoms with Gasteiger partial charge in [0.25, 0.3) is 5.91 Å². The van der Waals surface area contributed by atoms with E-state index in [2.05, 4.69) is 4.98 Å². The molecular weight excluding hydrogens is 288 g/mol. The van der Waals surface area contributed by atoms with E-state index in [0.29, 0.717) is 23.9 Å². The number of carbonyl (C=O) groups excluding carboxylic acids is 1. The van der Waals surface area contributed by atoms with Crippen molar-refractivity contribution < 1.29 is 9.53 Å². The number of amides is 1. The Balaban J connectivity index is 1.66. The predicted octanol–water partition coefficient (Wildman–Crippen LogP) is 3.21. The SMILES string of the molecule is O=C(c1cc2ccc(Cl)cc2[nH]1)N1CCO[C@H]2CCC[C@H]21. The molecule has 0 spiro atoms. The first kappa shape index (κ1) is 13.2. The number of hydrogen-bond acceptors (Lipinski definition) is 2. The molecule has 1 aliphatic heterocycles. The molecule has 21 heavy (non-hydrogen) atoms. The Morgan fingerprint density at radius 1 is 1.33 bits per heavy atom. The van der Waals surface area contributed by atoms with Crippen LogP contribution in [0, 0.1) is 0 Å². The number of H-pyrrole nitrogens is 1. The number of benzene rings is 1. The van der Waals surface area contributed by atoms with Gasteiger partial charge in [0, 0.05) is 22.5 Å². The topological polar surface area (TPSA) is 45.3 Å². The molecule has 0 radical (unpaired) electrons. The molecule has 5 heteroatoms. The molecule has 1 aliphatic carbocycles. The second kappa shape index (κ2) is 5.04. The molecular formula is C16H17ClN2O2. The number of morpholine rings is 1. The monoisotopic (exact) mass is 304 g/mol. The minimum absolute atomic E-state index is 0.0718. The van der Waals surface area contributed by atoms with Crippen molar-refractivity contribution in [3.8, 4) is 0 Å². The molecule has 1 amide bonds. The molecule has 2 atom stereocenters. The molecule has 4 nitrogen and oxygen atoms in total. The summed E-state index contributed by atoms with van der Waals surface area (Å²) >= 11 is 6.00. The van der Waals surface area contributed by atoms with Gasteiger partial charge in [-0.3, -0.25) is 4.79 Å². The predicted molar refractivity (Wildman–Crippen MR) is 81.7 cm³/mol. The summed E-state index contributed by atoms with van der Waals surface area (Å²) in [6.45, 7) is 1.31. The van der Waals surface area contributed by atoms with E-state index >= 15 is 0 Å². The number of aromatic nitrogens is 1. The number of nitrogens with one attached hydrogen (secondary N) is 1. The smallest absolute Gasteiger partial charge is 0.270 e. The van der Waals surface area contributed by atoms with Gasteiger partial charge in [-0.25, -0.2) is 0 Å². The van der Waals surface area contributed by atoms with E-state index in [1.165, 1.54) is 0 Å². The highest BCUT2D eigenvalue weighted by molar-refractivity contribution is 6.31. The number of halogens is 1. The number of ether oxygens (including phenoxy) is 1. The largest absolute Gasteiger partial charge is 0.374 e. The second-order valence-electron chi connectivity index (χ2n) is 5.82. The van der Waals surface area contributed by atoms with Crippen LogP contribution in [0.5, 0.6) is 0 Å². The van der Waals surface area contributed by atoms with Crippen molar-refractivity contribution in [2.45, 2.75) is 31.4 Å². The lowest BCUT2D eigenvalue weighted by Crippen LogP contribution is -2.51. The van der Waals surface area contributed by atoms with Gasteiger partial charge in [-0.05, 0) is 37.5 Å². The zero-order chi connectivity index (χ0) is 14.4. The first-order valence-electron chi connectivity index (χ1n) is 7.43. The third-order valence-corrected chi connectivity index (χ3v) is 4.79. The van der Waals surface area contributed by atoms with Gasteiger partial charge in [-0.15, -0.1) is 0 Å². The van der Waals surface area contributed by atoms with E-state index in [-0.39, 0.29) is 18.1 Å². The molecule has 2 fully saturated rings. The fourth-order valence-corrected chi connectivity index (χ4v) is 3.72. The van der Waals surface area contributed by atoms with Gasteiger partial charge >= 0.3 is 0 Å². The molecule has 2 aliphatic rings. The third-order valence-electron chi connectivity index (χ3n) is 4.56. The van der Waals surface area contributed by atoms with E-state index < -0.39 is 0 Å². The number of hydrogen-bond donors (Lipinski definition) is 1. The van der Waals surface area contributed by atoms with Crippen LogP contribution in [0.1, 0.15) is 29.8 Å². The van der Waals surface area contributed by atoms with Crippen LogP contribution in [0.3, 0.4) is 0 Å². The summed E-state index contributed by atoms with van der Waals surface area (Å²) < 4.78 is 5.77. The van der Waals surface area contributed by atoms with Crippen molar-refractivity contribution in [1.29, 1.82) is 0 Å². The molecule has 1 aromatic heterocycles. The lowest BCUT2D eigenvalue weighted by molar-refractivity contribution is -0.0446. The Kier molecular flexibility index (Phi) is 3.16. The summed E-state index contributed by atoms with van der Waals surface area (Å²) in [5.41, 5.74) is 1.54. The maximum absolute atomic E-state index is 12.8. The van der Waals surface area contributed by atoms with Crippen molar-refractivity contribution in [3.05, 3.63) is 35.0 Å². The van der Waals surface area contributed by atoms with Gasteiger partial charge in [-0.2, -0.15) is 0 Å². The van der Waals surface area contributed by atoms with Gasteiger partial charge < -0.3 is 14.6 Å². The Morgan fingerprint density at radius 3 is 3.14 bits per heavy atom. The van der Waals surface area contributed by atoms with E-state index in [4.69, 9.17) is 16.3 Å². The average Bonchev–Trinajstić information content (AvgIpc) is 3.11. The molecule has 0 unspecified atom stereocenters. The maximum atomic E-state index is 12.8. The molecule has 1 saturated carbocycles. The number of carbonyl (C=O) groups is 1. The van der Waals surface area contributed by atoms with Crippen LogP contribution < -0.4 is 0 Å². The van der Waals surface area contributed by atoms with E-state index in [9.17, 15) is 4.79 Å². The average molecular weight is 305 g/mol. The van der Waals surface area contributed by atoms with Crippen LogP contribution in [0.15, 0.2) is 24.3 Å². The summed E-state index contributed by atoms with van der Waals surface area (Å²) in [4.78, 5) is 18.0. The summed E-state index contributed by atoms with van der Waals surface area (Å²) in [6.07, 6.45) is 3.47. The maximum Gasteiger partial charge on any atom is 0.270 e. The fraction of sp³-hybridized carbons (Fsp3) is 0.438. The van der Waals surface area contributed by atoms with E-state index in [0.717, 1.165) is 30.2 Å². The van der Waals surface area contributed by atoms with E-state index in [1.54, 1.807) is 0 Å². The highest BCUT2D eigenvalue weighted by atomic mass is 35.5. The number of nitrogens with zero attached hydrogens (tertiary/aromatic N) is 1. The summed E-state index contributed by atoms with van der Waals surface area (Å²) in [6, 6.07) is 7.77. The zero-order valence-electron chi connectivity index (χ0n) is 11.6. The lowest BCUT2D eigenvalue weighted by Gasteiger charge is -2.37. The molecule has 2 heterocycles. The van der Waals surface area contributed by atoms with Crippen molar-refractivity contribution in [2.75, 3.05) is 13.2 Å². The Morgan fingerprint density at radius 2 is 2.24 bits per heavy atom. The Hall–Kier alpha value is -1.52. The molecule has 0 bridgehead atoms. The molecule has 1 saturated heterocycles. The van der Waals surface area contributed by atoms with Crippen LogP contribution in [0.2, 0.25) is 5.02 Å². The third kappa shape index (κ3) is 2.23. The number of fused-ring (bicyclic) bond motifs is 2. The van der Waals surface area contributed by atoms with Crippen molar-refractivity contribution in [2.24, 2.45) is 0 Å². The molecule has 4 rings (SSSR count). The lowest BCUT2D eigenvalue weighted by atomic mass is 10.1. The van der Waals surface area contributed by atoms with Crippen molar-refractivity contribution in [3.63, 3.8) is 0 Å². The molecule has 2 aromatic rings. The van der Waals surface area contributed by atoms with Crippen LogP contribution in [0.25, 0.3) is 10.9 Å². The Labute approximate surface area is 128 Å². The first-order chi connectivity index (χ1) is 10.2. The van der Waals surface area contributed by atoms with Crippen molar-refractivity contribution in [1.82, 2.24) is 9.88 Å². The van der Waals surface area contributed by atoms with Crippen LogP contribution in [-0.4, -0.2) is 41.1 Å². The number of aromatic amines is 1. The van der Waals surface area contributed by atoms with Crippen LogP contribution >= 0.6 is 11.6 Å². The van der Waals surface area contributed by atoms with Crippen LogP contribution in [-0.2, 0) is 4.74 Å². The van der Waals surface area contributed by atoms with Crippen LogP contribution in [0.4, 0.5) is 0 Å². The summed E-state index contributed by atoms with van der Waals surface area (Å²) in [5, 5.41) is 1.68. The highest BCUT2D eigenvalue weighted by Gasteiger charge is 2.38. The van der Waals surface area contributed by atoms with Gasteiger partial charge in [0.1, 0.15) is 5.69 Å². The first-order valence-corrected chi connectivity index (χ1v) is 7.81. The summed E-state index contributed by atoms with van der Waals surface area (Å²) in [7, 11) is 0. The quantitative estimate of drug-likeness (QED) is 0.879. The fourth-order valence-electron chi connectivity index (χ4n) is 3.55. The Bertz CT molecular complexity index is 697. The number of rotatable bonds is 1. The standard InChI is InChI=1S/C16H17ClN2O2/c17-11-5-4-10-8-13(18-12(10)9-11)16(20)19-6-7-21-15-3-1-2-14(15)19/h4-5,8-9,14-15,18H,1-3,6-7H2/t14-,15+/m1/s1. The highest BCUT2D eigenvalue weighted by Crippen LogP contribution is 2.31. The molecule has 1 aromatic carbocycles. The molecule has 110 valence electrons. The van der Waals surface area contributed by atoms with Gasteiger partial charge in [0.05, 0.1) is 18.8 Å². The van der Waals surface area contributed by atoms with Crippen molar-refractivity contribution >= 4 is 28.4 Å². The zero-order valence-corrected chi connectivity index (χ0v) is 12.4. The van der Waals surface area contributed by atoms with Gasteiger partial charge in [-0.1, -0.05) is 17.7 Å². The van der Waals surface area contributed by atoms with Gasteiger partial charge in [0.2, 0.25) is 0 Å².